The molecule has 8 heavy (non-hydrogen) atoms. The molecule has 0 unspecified atom stereocenters. The van der Waals surface area contributed by atoms with Crippen molar-refractivity contribution in [3.63, 3.8) is 0 Å². The van der Waals surface area contributed by atoms with E-state index in [0.29, 0.717) is 11.5 Å². The van der Waals surface area contributed by atoms with Gasteiger partial charge in [-0.15, -0.1) is 0 Å². The Hall–Kier alpha value is 0.390. The van der Waals surface area contributed by atoms with Gasteiger partial charge in [-0.1, -0.05) is 28.7 Å². The van der Waals surface area contributed by atoms with Crippen LogP contribution in [0.2, 0.25) is 0 Å². The third-order valence-corrected chi connectivity index (χ3v) is 4.07. The Kier molecular flexibility index (Phi) is 2.93. The van der Waals surface area contributed by atoms with Gasteiger partial charge in [0, 0.05) is 0 Å². The van der Waals surface area contributed by atoms with E-state index in [1.807, 2.05) is 0 Å². The minimum Gasteiger partial charge on any atom is -0.392 e. The molecule has 2 heteroatoms. The molecule has 0 bridgehead atoms. The van der Waals surface area contributed by atoms with Crippen molar-refractivity contribution in [2.45, 2.75) is 25.9 Å². The molecule has 0 fully saturated rings. The van der Waals surface area contributed by atoms with Gasteiger partial charge in [-0.3, -0.25) is 0 Å². The smallest absolute Gasteiger partial charge is 0.0626 e. The van der Waals surface area contributed by atoms with E-state index in [1.54, 1.807) is 0 Å². The van der Waals surface area contributed by atoms with Crippen LogP contribution in [0.4, 0.5) is 0 Å². The highest BCUT2D eigenvalue weighted by Crippen LogP contribution is 2.44. The van der Waals surface area contributed by atoms with Crippen molar-refractivity contribution in [3.8, 4) is 0 Å². The lowest BCUT2D eigenvalue weighted by atomic mass is 10.3. The molecule has 0 rings (SSSR count). The predicted octanol–water partition coefficient (Wildman–Crippen LogP) is 1.85. The van der Waals surface area contributed by atoms with Crippen LogP contribution in [0.3, 0.4) is 0 Å². The summed E-state index contributed by atoms with van der Waals surface area (Å²) < 4.78 is 0. The summed E-state index contributed by atoms with van der Waals surface area (Å²) in [5.74, 6) is 0. The fraction of sp³-hybridized carbons (Fsp3) is 1.00. The molecule has 0 saturated carbocycles. The molecule has 0 aliphatic carbocycles. The van der Waals surface area contributed by atoms with Gasteiger partial charge in [0.25, 0.3) is 0 Å². The SMILES string of the molecule is C[P@](CO)C(C)(C)C. The summed E-state index contributed by atoms with van der Waals surface area (Å²) in [7, 11) is -0.164. The second kappa shape index (κ2) is 2.80. The minimum absolute atomic E-state index is 0.164. The van der Waals surface area contributed by atoms with Crippen LogP contribution in [0, 0.1) is 0 Å². The number of aliphatic hydroxyl groups excluding tert-OH is 1. The first-order valence-electron chi connectivity index (χ1n) is 2.80. The van der Waals surface area contributed by atoms with Gasteiger partial charge in [-0.25, -0.2) is 0 Å². The van der Waals surface area contributed by atoms with Crippen molar-refractivity contribution in [1.29, 1.82) is 0 Å². The standard InChI is InChI=1S/C6H15OP/c1-6(2,3)8(4)5-7/h7H,5H2,1-4H3/t8-/m1/s1. The van der Waals surface area contributed by atoms with Gasteiger partial charge in [0.05, 0.1) is 6.35 Å². The first-order valence-corrected chi connectivity index (χ1v) is 4.78. The van der Waals surface area contributed by atoms with E-state index in [-0.39, 0.29) is 7.92 Å². The normalized spacial score (nSPS) is 16.1. The molecule has 0 aromatic carbocycles. The molecule has 0 aliphatic heterocycles. The van der Waals surface area contributed by atoms with Crippen molar-refractivity contribution >= 4 is 7.92 Å². The molecule has 0 aromatic heterocycles. The first-order chi connectivity index (χ1) is 3.48. The maximum atomic E-state index is 8.70. The van der Waals surface area contributed by atoms with E-state index in [2.05, 4.69) is 27.4 Å². The Morgan fingerprint density at radius 1 is 1.38 bits per heavy atom. The van der Waals surface area contributed by atoms with E-state index >= 15 is 0 Å². The van der Waals surface area contributed by atoms with Crippen molar-refractivity contribution in [3.05, 3.63) is 0 Å². The lowest BCUT2D eigenvalue weighted by Gasteiger charge is -2.25. The van der Waals surface area contributed by atoms with Crippen LogP contribution in [0.5, 0.6) is 0 Å². The van der Waals surface area contributed by atoms with Gasteiger partial charge >= 0.3 is 0 Å². The quantitative estimate of drug-likeness (QED) is 0.542. The average molecular weight is 134 g/mol. The molecule has 0 aliphatic rings. The van der Waals surface area contributed by atoms with Crippen LogP contribution in [0.25, 0.3) is 0 Å². The van der Waals surface area contributed by atoms with Crippen molar-refractivity contribution in [1.82, 2.24) is 0 Å². The lowest BCUT2D eigenvalue weighted by Crippen LogP contribution is -2.11. The molecular weight excluding hydrogens is 119 g/mol. The Balaban J connectivity index is 3.62. The Morgan fingerprint density at radius 2 is 1.75 bits per heavy atom. The second-order valence-electron chi connectivity index (χ2n) is 3.01. The number of hydrogen-bond donors (Lipinski definition) is 1. The highest BCUT2D eigenvalue weighted by atomic mass is 31.1. The molecule has 0 saturated heterocycles. The zero-order valence-electron chi connectivity index (χ0n) is 6.10. The van der Waals surface area contributed by atoms with Crippen LogP contribution in [0.1, 0.15) is 20.8 Å². The van der Waals surface area contributed by atoms with Crippen LogP contribution in [-0.4, -0.2) is 23.3 Å². The van der Waals surface area contributed by atoms with Crippen molar-refractivity contribution < 1.29 is 5.11 Å². The summed E-state index contributed by atoms with van der Waals surface area (Å²) in [6, 6.07) is 0. The highest BCUT2D eigenvalue weighted by Gasteiger charge is 2.17. The minimum atomic E-state index is -0.164. The zero-order chi connectivity index (χ0) is 6.78. The van der Waals surface area contributed by atoms with Gasteiger partial charge in [0.15, 0.2) is 0 Å². The largest absolute Gasteiger partial charge is 0.392 e. The number of hydrogen-bond acceptors (Lipinski definition) is 1. The van der Waals surface area contributed by atoms with E-state index in [1.165, 1.54) is 0 Å². The second-order valence-corrected chi connectivity index (χ2v) is 6.03. The van der Waals surface area contributed by atoms with Gasteiger partial charge in [0.1, 0.15) is 0 Å². The van der Waals surface area contributed by atoms with E-state index in [4.69, 9.17) is 5.11 Å². The molecule has 0 radical (unpaired) electrons. The molecule has 1 nitrogen and oxygen atoms in total. The summed E-state index contributed by atoms with van der Waals surface area (Å²) in [6.45, 7) is 8.61. The molecule has 0 spiro atoms. The van der Waals surface area contributed by atoms with Crippen molar-refractivity contribution in [2.24, 2.45) is 0 Å². The molecule has 1 atom stereocenters. The molecule has 0 aromatic rings. The summed E-state index contributed by atoms with van der Waals surface area (Å²) in [6.07, 6.45) is 0.360. The van der Waals surface area contributed by atoms with Crippen LogP contribution < -0.4 is 0 Å². The summed E-state index contributed by atoms with van der Waals surface area (Å²) in [5.41, 5.74) is 0. The summed E-state index contributed by atoms with van der Waals surface area (Å²) >= 11 is 0. The van der Waals surface area contributed by atoms with Gasteiger partial charge in [-0.2, -0.15) is 0 Å². The maximum absolute atomic E-state index is 8.70. The predicted molar refractivity (Wildman–Crippen MR) is 39.7 cm³/mol. The molecule has 0 amide bonds. The topological polar surface area (TPSA) is 20.2 Å². The number of rotatable bonds is 1. The van der Waals surface area contributed by atoms with Gasteiger partial charge in [0.2, 0.25) is 0 Å². The number of aliphatic hydroxyl groups is 1. The fourth-order valence-corrected chi connectivity index (χ4v) is 0.636. The van der Waals surface area contributed by atoms with Crippen molar-refractivity contribution in [2.75, 3.05) is 13.0 Å². The Morgan fingerprint density at radius 3 is 1.75 bits per heavy atom. The third-order valence-electron chi connectivity index (χ3n) is 1.36. The average Bonchev–Trinajstić information content (AvgIpc) is 1.62. The maximum Gasteiger partial charge on any atom is 0.0626 e. The van der Waals surface area contributed by atoms with Crippen LogP contribution >= 0.6 is 7.92 Å². The van der Waals surface area contributed by atoms with Crippen LogP contribution in [-0.2, 0) is 0 Å². The Bertz CT molecular complexity index is 65.4. The van der Waals surface area contributed by atoms with E-state index in [0.717, 1.165) is 0 Å². The lowest BCUT2D eigenvalue weighted by molar-refractivity contribution is 0.367. The summed E-state index contributed by atoms with van der Waals surface area (Å²) in [5, 5.41) is 9.02. The van der Waals surface area contributed by atoms with E-state index in [9.17, 15) is 0 Å². The third kappa shape index (κ3) is 2.64. The monoisotopic (exact) mass is 134 g/mol. The molecular formula is C6H15OP. The molecule has 1 N–H and O–H groups in total. The molecule has 50 valence electrons. The fourth-order valence-electron chi connectivity index (χ4n) is 0.212. The van der Waals surface area contributed by atoms with Gasteiger partial charge < -0.3 is 5.11 Å². The molecule has 0 heterocycles. The highest BCUT2D eigenvalue weighted by molar-refractivity contribution is 7.58. The van der Waals surface area contributed by atoms with Gasteiger partial charge in [-0.05, 0) is 11.8 Å². The summed E-state index contributed by atoms with van der Waals surface area (Å²) in [4.78, 5) is 0. The Labute approximate surface area is 52.9 Å². The first kappa shape index (κ1) is 8.39. The zero-order valence-corrected chi connectivity index (χ0v) is 7.00. The van der Waals surface area contributed by atoms with Crippen LogP contribution in [0.15, 0.2) is 0 Å². The van der Waals surface area contributed by atoms with E-state index < -0.39 is 0 Å².